The van der Waals surface area contributed by atoms with Crippen LogP contribution in [-0.2, 0) is 0 Å². The third kappa shape index (κ3) is 2.65. The summed E-state index contributed by atoms with van der Waals surface area (Å²) in [5.41, 5.74) is 3.78. The average molecular weight is 285 g/mol. The molecule has 2 aromatic carbocycles. The van der Waals surface area contributed by atoms with Crippen LogP contribution in [0.1, 0.15) is 17.2 Å². The number of benzene rings is 2. The van der Waals surface area contributed by atoms with Gasteiger partial charge in [0.25, 0.3) is 0 Å². The van der Waals surface area contributed by atoms with E-state index in [4.69, 9.17) is 29.0 Å². The molecule has 94 valence electrons. The van der Waals surface area contributed by atoms with Crippen LogP contribution in [0.3, 0.4) is 0 Å². The van der Waals surface area contributed by atoms with Crippen molar-refractivity contribution in [2.24, 2.45) is 5.84 Å². The van der Waals surface area contributed by atoms with Crippen molar-refractivity contribution < 1.29 is 4.39 Å². The van der Waals surface area contributed by atoms with Gasteiger partial charge >= 0.3 is 0 Å². The van der Waals surface area contributed by atoms with Crippen LogP contribution in [0, 0.1) is 5.82 Å². The predicted octanol–water partition coefficient (Wildman–Crippen LogP) is 3.69. The van der Waals surface area contributed by atoms with Crippen LogP contribution in [0.5, 0.6) is 0 Å². The van der Waals surface area contributed by atoms with Crippen molar-refractivity contribution in [2.75, 3.05) is 0 Å². The Morgan fingerprint density at radius 2 is 1.78 bits per heavy atom. The summed E-state index contributed by atoms with van der Waals surface area (Å²) in [5, 5.41) is 0.857. The van der Waals surface area contributed by atoms with Crippen LogP contribution in [0.4, 0.5) is 4.39 Å². The van der Waals surface area contributed by atoms with E-state index in [1.54, 1.807) is 36.4 Å². The summed E-state index contributed by atoms with van der Waals surface area (Å²) in [6.07, 6.45) is 0. The standard InChI is InChI=1S/C13H11Cl2FN2/c14-10-6-5-8(7-11(10)15)13(18-17)9-3-1-2-4-12(9)16/h1-7,13,18H,17H2. The van der Waals surface area contributed by atoms with Crippen LogP contribution in [0.15, 0.2) is 42.5 Å². The Balaban J connectivity index is 2.45. The number of hydrogen-bond acceptors (Lipinski definition) is 2. The summed E-state index contributed by atoms with van der Waals surface area (Å²) in [4.78, 5) is 0. The van der Waals surface area contributed by atoms with Crippen LogP contribution >= 0.6 is 23.2 Å². The van der Waals surface area contributed by atoms with Crippen molar-refractivity contribution in [3.63, 3.8) is 0 Å². The maximum atomic E-state index is 13.7. The molecule has 0 radical (unpaired) electrons. The van der Waals surface area contributed by atoms with Gasteiger partial charge in [0, 0.05) is 5.56 Å². The van der Waals surface area contributed by atoms with Gasteiger partial charge < -0.3 is 0 Å². The summed E-state index contributed by atoms with van der Waals surface area (Å²) in [6, 6.07) is 11.0. The molecule has 0 saturated heterocycles. The van der Waals surface area contributed by atoms with E-state index in [0.717, 1.165) is 5.56 Å². The van der Waals surface area contributed by atoms with Gasteiger partial charge in [-0.25, -0.2) is 9.82 Å². The van der Waals surface area contributed by atoms with E-state index < -0.39 is 6.04 Å². The molecule has 0 aliphatic heterocycles. The Bertz CT molecular complexity index is 560. The normalized spacial score (nSPS) is 12.4. The predicted molar refractivity (Wildman–Crippen MR) is 72.0 cm³/mol. The summed E-state index contributed by atoms with van der Waals surface area (Å²) in [6.45, 7) is 0. The summed E-state index contributed by atoms with van der Waals surface area (Å²) >= 11 is 11.8. The highest BCUT2D eigenvalue weighted by molar-refractivity contribution is 6.42. The number of nitrogens with one attached hydrogen (secondary N) is 1. The van der Waals surface area contributed by atoms with Crippen molar-refractivity contribution in [1.29, 1.82) is 0 Å². The fourth-order valence-corrected chi connectivity index (χ4v) is 2.07. The Kier molecular flexibility index (Phi) is 4.19. The number of rotatable bonds is 3. The first-order chi connectivity index (χ1) is 8.63. The van der Waals surface area contributed by atoms with Crippen LogP contribution in [0.2, 0.25) is 10.0 Å². The van der Waals surface area contributed by atoms with Crippen molar-refractivity contribution >= 4 is 23.2 Å². The van der Waals surface area contributed by atoms with E-state index in [2.05, 4.69) is 5.43 Å². The zero-order chi connectivity index (χ0) is 13.1. The Hall–Kier alpha value is -1.13. The molecule has 2 aromatic rings. The third-order valence-corrected chi connectivity index (χ3v) is 3.40. The number of hydrazine groups is 1. The second-order valence-electron chi connectivity index (χ2n) is 3.79. The Morgan fingerprint density at radius 3 is 2.39 bits per heavy atom. The fraction of sp³-hybridized carbons (Fsp3) is 0.0769. The van der Waals surface area contributed by atoms with E-state index in [1.807, 2.05) is 0 Å². The first kappa shape index (κ1) is 13.3. The van der Waals surface area contributed by atoms with Crippen molar-refractivity contribution in [1.82, 2.24) is 5.43 Å². The molecule has 1 unspecified atom stereocenters. The lowest BCUT2D eigenvalue weighted by Gasteiger charge is -2.18. The third-order valence-electron chi connectivity index (χ3n) is 2.66. The molecule has 3 N–H and O–H groups in total. The Morgan fingerprint density at radius 1 is 1.06 bits per heavy atom. The number of nitrogens with two attached hydrogens (primary N) is 1. The van der Waals surface area contributed by atoms with Crippen LogP contribution in [0.25, 0.3) is 0 Å². The lowest BCUT2D eigenvalue weighted by atomic mass is 9.99. The molecule has 0 aliphatic carbocycles. The van der Waals surface area contributed by atoms with Gasteiger partial charge in [-0.2, -0.15) is 0 Å². The SMILES string of the molecule is NNC(c1ccc(Cl)c(Cl)c1)c1ccccc1F. The van der Waals surface area contributed by atoms with Crippen molar-refractivity contribution in [3.05, 3.63) is 69.5 Å². The number of halogens is 3. The first-order valence-corrected chi connectivity index (χ1v) is 6.04. The summed E-state index contributed by atoms with van der Waals surface area (Å²) < 4.78 is 13.7. The minimum Gasteiger partial charge on any atom is -0.271 e. The highest BCUT2D eigenvalue weighted by Gasteiger charge is 2.16. The van der Waals surface area contributed by atoms with Gasteiger partial charge in [-0.1, -0.05) is 47.5 Å². The molecule has 1 atom stereocenters. The molecule has 2 nitrogen and oxygen atoms in total. The van der Waals surface area contributed by atoms with Gasteiger partial charge in [0.2, 0.25) is 0 Å². The van der Waals surface area contributed by atoms with Crippen LogP contribution in [-0.4, -0.2) is 0 Å². The van der Waals surface area contributed by atoms with E-state index >= 15 is 0 Å². The van der Waals surface area contributed by atoms with Gasteiger partial charge in [0.15, 0.2) is 0 Å². The lowest BCUT2D eigenvalue weighted by molar-refractivity contribution is 0.560. The fourth-order valence-electron chi connectivity index (χ4n) is 1.77. The topological polar surface area (TPSA) is 38.0 Å². The second-order valence-corrected chi connectivity index (χ2v) is 4.61. The van der Waals surface area contributed by atoms with Gasteiger partial charge in [-0.05, 0) is 23.8 Å². The van der Waals surface area contributed by atoms with Gasteiger partial charge in [-0.15, -0.1) is 0 Å². The maximum Gasteiger partial charge on any atom is 0.128 e. The molecule has 0 saturated carbocycles. The van der Waals surface area contributed by atoms with E-state index in [0.29, 0.717) is 15.6 Å². The minimum atomic E-state index is -0.471. The molecule has 0 aliphatic rings. The molecule has 0 fully saturated rings. The van der Waals surface area contributed by atoms with Gasteiger partial charge in [0.05, 0.1) is 16.1 Å². The zero-order valence-corrected chi connectivity index (χ0v) is 10.8. The molecule has 5 heteroatoms. The summed E-state index contributed by atoms with van der Waals surface area (Å²) in [5.74, 6) is 5.17. The van der Waals surface area contributed by atoms with Gasteiger partial charge in [0.1, 0.15) is 5.82 Å². The molecule has 0 bridgehead atoms. The van der Waals surface area contributed by atoms with Crippen molar-refractivity contribution in [2.45, 2.75) is 6.04 Å². The molecule has 18 heavy (non-hydrogen) atoms. The first-order valence-electron chi connectivity index (χ1n) is 5.29. The molecular formula is C13H11Cl2FN2. The maximum absolute atomic E-state index is 13.7. The van der Waals surface area contributed by atoms with E-state index in [-0.39, 0.29) is 5.82 Å². The minimum absolute atomic E-state index is 0.327. The Labute approximate surface area is 114 Å². The zero-order valence-electron chi connectivity index (χ0n) is 9.33. The highest BCUT2D eigenvalue weighted by atomic mass is 35.5. The van der Waals surface area contributed by atoms with Crippen molar-refractivity contribution in [3.8, 4) is 0 Å². The van der Waals surface area contributed by atoms with Gasteiger partial charge in [-0.3, -0.25) is 5.84 Å². The molecule has 0 heterocycles. The second kappa shape index (κ2) is 5.67. The molecule has 2 rings (SSSR count). The number of hydrogen-bond donors (Lipinski definition) is 2. The molecule has 0 amide bonds. The smallest absolute Gasteiger partial charge is 0.128 e. The molecule has 0 spiro atoms. The quantitative estimate of drug-likeness (QED) is 0.666. The largest absolute Gasteiger partial charge is 0.271 e. The van der Waals surface area contributed by atoms with Crippen LogP contribution < -0.4 is 11.3 Å². The monoisotopic (exact) mass is 284 g/mol. The van der Waals surface area contributed by atoms with E-state index in [9.17, 15) is 4.39 Å². The molecule has 0 aromatic heterocycles. The lowest BCUT2D eigenvalue weighted by Crippen LogP contribution is -2.29. The highest BCUT2D eigenvalue weighted by Crippen LogP contribution is 2.29. The van der Waals surface area contributed by atoms with E-state index in [1.165, 1.54) is 6.07 Å². The summed E-state index contributed by atoms with van der Waals surface area (Å²) in [7, 11) is 0. The molecular weight excluding hydrogens is 274 g/mol. The average Bonchev–Trinajstić information content (AvgIpc) is 2.37.